The van der Waals surface area contributed by atoms with Crippen LogP contribution in [0.3, 0.4) is 0 Å². The summed E-state index contributed by atoms with van der Waals surface area (Å²) in [5.74, 6) is 0.854. The number of fused-ring (bicyclic) bond motifs is 10. The third-order valence-corrected chi connectivity index (χ3v) is 9.44. The Kier molecular flexibility index (Phi) is 5.00. The summed E-state index contributed by atoms with van der Waals surface area (Å²) in [6.45, 7) is 5.99. The van der Waals surface area contributed by atoms with Gasteiger partial charge in [0.1, 0.15) is 21.4 Å². The second kappa shape index (κ2) is 8.63. The molecule has 2 aliphatic heterocycles. The number of rotatable bonds is 2. The number of nitrogens with zero attached hydrogens (tertiary/aromatic N) is 4. The zero-order valence-corrected chi connectivity index (χ0v) is 24.4. The van der Waals surface area contributed by atoms with E-state index in [9.17, 15) is 0 Å². The molecule has 0 bridgehead atoms. The number of aromatic nitrogens is 2. The Morgan fingerprint density at radius 2 is 1.10 bits per heavy atom. The molecule has 2 aliphatic carbocycles. The minimum absolute atomic E-state index is 0.351. The molecular formula is C34H24Cl2N4O2. The van der Waals surface area contributed by atoms with Crippen LogP contribution in [0.5, 0.6) is 11.5 Å². The lowest BCUT2D eigenvalue weighted by Gasteiger charge is -2.30. The predicted octanol–water partition coefficient (Wildman–Crippen LogP) is 5.16. The fourth-order valence-electron chi connectivity index (χ4n) is 6.89. The molecule has 2 atom stereocenters. The van der Waals surface area contributed by atoms with Gasteiger partial charge in [0.25, 0.3) is 0 Å². The highest BCUT2D eigenvalue weighted by molar-refractivity contribution is 6.41. The number of halogens is 2. The minimum Gasteiger partial charge on any atom is -0.476 e. The number of aliphatic imine (C=N–C) groups is 2. The van der Waals surface area contributed by atoms with Gasteiger partial charge in [-0.25, -0.2) is 9.98 Å². The van der Waals surface area contributed by atoms with Gasteiger partial charge in [-0.15, -0.1) is 0 Å². The molecule has 6 nitrogen and oxygen atoms in total. The van der Waals surface area contributed by atoms with E-state index in [-0.39, 0.29) is 0 Å². The van der Waals surface area contributed by atoms with Crippen LogP contribution in [-0.4, -0.2) is 32.8 Å². The normalized spacial score (nSPS) is 19.1. The van der Waals surface area contributed by atoms with Crippen molar-refractivity contribution in [3.05, 3.63) is 79.7 Å². The first-order valence-corrected chi connectivity index (χ1v) is 15.0. The van der Waals surface area contributed by atoms with Crippen molar-refractivity contribution in [2.75, 3.05) is 0 Å². The summed E-state index contributed by atoms with van der Waals surface area (Å²) in [7, 11) is 0. The standard InChI is InChI=1S/C34H24Cl2N4O2/c1-3-39-23-11-7-5-9-17(23)19-13-21-27(15-25(19)39)41-33-29(35)32-34(30(36)31(33)37-21)42-28-16-26-20(14-22(28)38-32)18-10-6-8-12-24(18)40(26)4-2/h5-16,27-28H,3-4H2,1-2H3. The molecule has 0 fully saturated rings. The van der Waals surface area contributed by atoms with Crippen molar-refractivity contribution in [3.8, 4) is 11.5 Å². The van der Waals surface area contributed by atoms with Crippen LogP contribution in [0.1, 0.15) is 13.8 Å². The SMILES string of the molecule is CCn1c2c(c3ccccc31)=CC1=Nc3c(Cl)c4c(c(Cl)c3OC1C=2)N=C1C=c2c(n(CC)c3ccccc23)=CC1O4. The van der Waals surface area contributed by atoms with Gasteiger partial charge in [0.15, 0.2) is 23.7 Å². The Morgan fingerprint density at radius 1 is 0.667 bits per heavy atom. The molecule has 0 saturated carbocycles. The Hall–Kier alpha value is -4.26. The molecule has 0 spiro atoms. The summed E-state index contributed by atoms with van der Waals surface area (Å²) < 4.78 is 17.7. The first-order chi connectivity index (χ1) is 20.6. The van der Waals surface area contributed by atoms with E-state index >= 15 is 0 Å². The van der Waals surface area contributed by atoms with E-state index in [4.69, 9.17) is 42.7 Å². The van der Waals surface area contributed by atoms with Crippen molar-refractivity contribution in [2.45, 2.75) is 39.1 Å². The molecule has 42 heavy (non-hydrogen) atoms. The fourth-order valence-corrected chi connectivity index (χ4v) is 7.42. The summed E-state index contributed by atoms with van der Waals surface area (Å²) >= 11 is 14.1. The average molecular weight is 591 g/mol. The molecule has 2 aromatic heterocycles. The second-order valence-electron chi connectivity index (χ2n) is 10.9. The van der Waals surface area contributed by atoms with E-state index in [1.165, 1.54) is 21.8 Å². The van der Waals surface area contributed by atoms with Crippen LogP contribution < -0.4 is 30.6 Å². The molecule has 0 amide bonds. The summed E-state index contributed by atoms with van der Waals surface area (Å²) in [6.07, 6.45) is 7.66. The zero-order chi connectivity index (χ0) is 28.3. The quantitative estimate of drug-likeness (QED) is 0.285. The number of aryl methyl sites for hydroxylation is 2. The van der Waals surface area contributed by atoms with Gasteiger partial charge in [0.05, 0.1) is 11.4 Å². The largest absolute Gasteiger partial charge is 0.476 e. The highest BCUT2D eigenvalue weighted by atomic mass is 35.5. The smallest absolute Gasteiger partial charge is 0.169 e. The Balaban J connectivity index is 1.23. The first-order valence-electron chi connectivity index (χ1n) is 14.2. The number of para-hydroxylation sites is 2. The van der Waals surface area contributed by atoms with Crippen molar-refractivity contribution in [2.24, 2.45) is 9.98 Å². The molecule has 4 heterocycles. The molecule has 5 aromatic rings. The third-order valence-electron chi connectivity index (χ3n) is 8.74. The molecule has 2 unspecified atom stereocenters. The van der Waals surface area contributed by atoms with Gasteiger partial charge in [-0.3, -0.25) is 0 Å². The topological polar surface area (TPSA) is 53.0 Å². The van der Waals surface area contributed by atoms with Crippen molar-refractivity contribution < 1.29 is 9.47 Å². The molecule has 4 aliphatic rings. The van der Waals surface area contributed by atoms with Crippen LogP contribution in [0.15, 0.2) is 58.5 Å². The van der Waals surface area contributed by atoms with Crippen molar-refractivity contribution >= 4 is 92.1 Å². The van der Waals surface area contributed by atoms with Gasteiger partial charge >= 0.3 is 0 Å². The van der Waals surface area contributed by atoms with Crippen LogP contribution in [0.2, 0.25) is 10.0 Å². The van der Waals surface area contributed by atoms with Crippen LogP contribution in [0, 0.1) is 0 Å². The minimum atomic E-state index is -0.395. The van der Waals surface area contributed by atoms with Gasteiger partial charge in [-0.2, -0.15) is 0 Å². The van der Waals surface area contributed by atoms with Gasteiger partial charge in [0, 0.05) is 56.0 Å². The third kappa shape index (κ3) is 3.11. The van der Waals surface area contributed by atoms with E-state index < -0.39 is 12.2 Å². The highest BCUT2D eigenvalue weighted by Gasteiger charge is 2.36. The van der Waals surface area contributed by atoms with Gasteiger partial charge in [-0.1, -0.05) is 59.6 Å². The van der Waals surface area contributed by atoms with E-state index in [1.807, 2.05) is 0 Å². The number of benzene rings is 3. The van der Waals surface area contributed by atoms with E-state index in [0.29, 0.717) is 32.9 Å². The lowest BCUT2D eigenvalue weighted by molar-refractivity contribution is 0.313. The Morgan fingerprint density at radius 3 is 1.52 bits per heavy atom. The Bertz CT molecular complexity index is 2210. The van der Waals surface area contributed by atoms with Crippen LogP contribution >= 0.6 is 23.2 Å². The summed E-state index contributed by atoms with van der Waals surface area (Å²) in [5.41, 5.74) is 4.87. The van der Waals surface area contributed by atoms with E-state index in [1.54, 1.807) is 0 Å². The van der Waals surface area contributed by atoms with Crippen molar-refractivity contribution in [1.82, 2.24) is 9.13 Å². The first kappa shape index (κ1) is 24.3. The molecule has 0 saturated heterocycles. The molecular weight excluding hydrogens is 567 g/mol. The highest BCUT2D eigenvalue weighted by Crippen LogP contribution is 2.56. The lowest BCUT2D eigenvalue weighted by Crippen LogP contribution is -2.41. The number of ether oxygens (including phenoxy) is 2. The number of hydrogen-bond donors (Lipinski definition) is 0. The lowest BCUT2D eigenvalue weighted by atomic mass is 10.0. The van der Waals surface area contributed by atoms with Crippen LogP contribution in [0.25, 0.3) is 46.1 Å². The van der Waals surface area contributed by atoms with Crippen molar-refractivity contribution in [3.63, 3.8) is 0 Å². The van der Waals surface area contributed by atoms with E-state index in [0.717, 1.165) is 45.6 Å². The number of hydrogen-bond acceptors (Lipinski definition) is 4. The monoisotopic (exact) mass is 590 g/mol. The van der Waals surface area contributed by atoms with Gasteiger partial charge in [-0.05, 0) is 50.3 Å². The fraction of sp³-hybridized carbons (Fsp3) is 0.176. The summed E-state index contributed by atoms with van der Waals surface area (Å²) in [6, 6.07) is 16.9. The van der Waals surface area contributed by atoms with Crippen LogP contribution in [0.4, 0.5) is 11.4 Å². The molecule has 3 aromatic carbocycles. The molecule has 0 radical (unpaired) electrons. The Labute approximate surface area is 250 Å². The van der Waals surface area contributed by atoms with Gasteiger partial charge < -0.3 is 18.6 Å². The van der Waals surface area contributed by atoms with E-state index in [2.05, 4.69) is 95.8 Å². The summed E-state index contributed by atoms with van der Waals surface area (Å²) in [4.78, 5) is 10.0. The maximum atomic E-state index is 7.03. The van der Waals surface area contributed by atoms with Crippen molar-refractivity contribution in [1.29, 1.82) is 0 Å². The molecule has 206 valence electrons. The maximum absolute atomic E-state index is 7.03. The average Bonchev–Trinajstić information content (AvgIpc) is 3.50. The molecule has 8 heteroatoms. The zero-order valence-electron chi connectivity index (χ0n) is 22.9. The second-order valence-corrected chi connectivity index (χ2v) is 11.6. The maximum Gasteiger partial charge on any atom is 0.169 e. The van der Waals surface area contributed by atoms with Crippen LogP contribution in [-0.2, 0) is 13.1 Å². The molecule has 9 rings (SSSR count). The van der Waals surface area contributed by atoms with Gasteiger partial charge in [0.2, 0.25) is 0 Å². The molecule has 0 N–H and O–H groups in total. The summed E-state index contributed by atoms with van der Waals surface area (Å²) in [5, 5.41) is 7.58. The predicted molar refractivity (Wildman–Crippen MR) is 171 cm³/mol.